The van der Waals surface area contributed by atoms with E-state index in [1.165, 1.54) is 0 Å². The molecule has 6 heteroatoms. The first-order valence-electron chi connectivity index (χ1n) is 7.41. The lowest BCUT2D eigenvalue weighted by atomic mass is 9.99. The number of carbonyl (C=O) groups excluding carboxylic acids is 1. The van der Waals surface area contributed by atoms with Gasteiger partial charge in [0.2, 0.25) is 5.91 Å². The van der Waals surface area contributed by atoms with Crippen molar-refractivity contribution in [1.82, 2.24) is 4.90 Å². The molecule has 0 N–H and O–H groups in total. The number of sulfone groups is 1. The number of hydrogen-bond acceptors (Lipinski definition) is 4. The first-order valence-corrected chi connectivity index (χ1v) is 9.94. The zero-order chi connectivity index (χ0) is 15.7. The number of nitrogens with zero attached hydrogens (tertiary/aromatic N) is 1. The topological polar surface area (TPSA) is 54.5 Å². The molecule has 0 spiro atoms. The summed E-state index contributed by atoms with van der Waals surface area (Å²) in [5.74, 6) is -0.0757. The van der Waals surface area contributed by atoms with Gasteiger partial charge in [-0.3, -0.25) is 4.79 Å². The molecule has 0 bridgehead atoms. The third kappa shape index (κ3) is 2.88. The highest BCUT2D eigenvalue weighted by molar-refractivity contribution is 7.92. The molecular weight excluding hydrogens is 306 g/mol. The van der Waals surface area contributed by atoms with Gasteiger partial charge in [-0.1, -0.05) is 19.9 Å². The van der Waals surface area contributed by atoms with Crippen LogP contribution in [0.1, 0.15) is 44.4 Å². The molecule has 1 aromatic heterocycles. The maximum Gasteiger partial charge on any atom is 0.230 e. The van der Waals surface area contributed by atoms with Crippen LogP contribution in [0.4, 0.5) is 0 Å². The summed E-state index contributed by atoms with van der Waals surface area (Å²) >= 11 is 1.57. The van der Waals surface area contributed by atoms with Gasteiger partial charge in [0.25, 0.3) is 0 Å². The Balaban J connectivity index is 2.21. The first-order chi connectivity index (χ1) is 9.87. The SMILES string of the molecule is CCC1(CC)CN(C(=O)[C@H](C)c2cccs2)CCS1(=O)=O. The zero-order valence-electron chi connectivity index (χ0n) is 12.8. The predicted molar refractivity (Wildman–Crippen MR) is 86.4 cm³/mol. The Morgan fingerprint density at radius 3 is 2.62 bits per heavy atom. The Morgan fingerprint density at radius 2 is 2.10 bits per heavy atom. The van der Waals surface area contributed by atoms with Crippen LogP contribution in [0, 0.1) is 0 Å². The molecule has 1 aliphatic rings. The first kappa shape index (κ1) is 16.5. The van der Waals surface area contributed by atoms with Gasteiger partial charge in [0.05, 0.1) is 16.4 Å². The van der Waals surface area contributed by atoms with Crippen LogP contribution < -0.4 is 0 Å². The van der Waals surface area contributed by atoms with Gasteiger partial charge in [-0.25, -0.2) is 8.42 Å². The lowest BCUT2D eigenvalue weighted by molar-refractivity contribution is -0.132. The van der Waals surface area contributed by atoms with Crippen molar-refractivity contribution >= 4 is 27.1 Å². The Labute approximate surface area is 131 Å². The molecule has 21 heavy (non-hydrogen) atoms. The lowest BCUT2D eigenvalue weighted by Crippen LogP contribution is -2.57. The Kier molecular flexibility index (Phi) is 4.78. The van der Waals surface area contributed by atoms with Gasteiger partial charge in [0.1, 0.15) is 0 Å². The van der Waals surface area contributed by atoms with Crippen LogP contribution in [-0.2, 0) is 14.6 Å². The molecule has 0 aliphatic carbocycles. The van der Waals surface area contributed by atoms with Crippen molar-refractivity contribution in [3.63, 3.8) is 0 Å². The third-order valence-electron chi connectivity index (χ3n) is 4.71. The molecule has 118 valence electrons. The average molecular weight is 329 g/mol. The molecule has 2 rings (SSSR count). The summed E-state index contributed by atoms with van der Waals surface area (Å²) in [6.45, 7) is 6.35. The van der Waals surface area contributed by atoms with E-state index in [2.05, 4.69) is 0 Å². The predicted octanol–water partition coefficient (Wildman–Crippen LogP) is 2.67. The highest BCUT2D eigenvalue weighted by atomic mass is 32.2. The number of hydrogen-bond donors (Lipinski definition) is 0. The van der Waals surface area contributed by atoms with E-state index in [4.69, 9.17) is 0 Å². The Morgan fingerprint density at radius 1 is 1.43 bits per heavy atom. The fraction of sp³-hybridized carbons (Fsp3) is 0.667. The maximum atomic E-state index is 12.7. The van der Waals surface area contributed by atoms with Crippen molar-refractivity contribution in [1.29, 1.82) is 0 Å². The van der Waals surface area contributed by atoms with Crippen LogP contribution in [-0.4, -0.2) is 42.8 Å². The Bertz CT molecular complexity index is 588. The molecule has 2 heterocycles. The molecule has 1 fully saturated rings. The van der Waals surface area contributed by atoms with Crippen LogP contribution in [0.25, 0.3) is 0 Å². The fourth-order valence-corrected chi connectivity index (χ4v) is 5.91. The van der Waals surface area contributed by atoms with Crippen LogP contribution >= 0.6 is 11.3 Å². The summed E-state index contributed by atoms with van der Waals surface area (Å²) in [4.78, 5) is 15.4. The summed E-state index contributed by atoms with van der Waals surface area (Å²) in [5.41, 5.74) is 0. The van der Waals surface area contributed by atoms with Gasteiger partial charge in [0.15, 0.2) is 9.84 Å². The number of carbonyl (C=O) groups is 1. The van der Waals surface area contributed by atoms with E-state index in [-0.39, 0.29) is 17.6 Å². The van der Waals surface area contributed by atoms with E-state index >= 15 is 0 Å². The van der Waals surface area contributed by atoms with E-state index in [0.29, 0.717) is 25.9 Å². The highest BCUT2D eigenvalue weighted by Crippen LogP contribution is 2.33. The second-order valence-electron chi connectivity index (χ2n) is 5.71. The van der Waals surface area contributed by atoms with E-state index < -0.39 is 14.6 Å². The van der Waals surface area contributed by atoms with Crippen molar-refractivity contribution in [2.75, 3.05) is 18.8 Å². The van der Waals surface area contributed by atoms with Crippen LogP contribution in [0.5, 0.6) is 0 Å². The van der Waals surface area contributed by atoms with Gasteiger partial charge in [-0.15, -0.1) is 11.3 Å². The smallest absolute Gasteiger partial charge is 0.230 e. The molecule has 1 saturated heterocycles. The third-order valence-corrected chi connectivity index (χ3v) is 8.51. The second kappa shape index (κ2) is 6.08. The minimum atomic E-state index is -3.12. The van der Waals surface area contributed by atoms with Gasteiger partial charge < -0.3 is 4.90 Å². The zero-order valence-corrected chi connectivity index (χ0v) is 14.5. The molecule has 0 saturated carbocycles. The van der Waals surface area contributed by atoms with E-state index in [1.807, 2.05) is 38.3 Å². The van der Waals surface area contributed by atoms with Crippen molar-refractivity contribution in [3.8, 4) is 0 Å². The largest absolute Gasteiger partial charge is 0.340 e. The molecule has 1 aliphatic heterocycles. The second-order valence-corrected chi connectivity index (χ2v) is 9.19. The summed E-state index contributed by atoms with van der Waals surface area (Å²) in [6.07, 6.45) is 1.12. The molecular formula is C15H23NO3S2. The number of rotatable bonds is 4. The summed E-state index contributed by atoms with van der Waals surface area (Å²) < 4.78 is 24.0. The molecule has 4 nitrogen and oxygen atoms in total. The van der Waals surface area contributed by atoms with E-state index in [0.717, 1.165) is 4.88 Å². The summed E-state index contributed by atoms with van der Waals surface area (Å²) in [6, 6.07) is 3.90. The highest BCUT2D eigenvalue weighted by Gasteiger charge is 2.46. The normalized spacial score (nSPS) is 22.0. The molecule has 0 unspecified atom stereocenters. The Hall–Kier alpha value is -0.880. The minimum Gasteiger partial charge on any atom is -0.340 e. The van der Waals surface area contributed by atoms with Crippen molar-refractivity contribution in [2.45, 2.75) is 44.3 Å². The van der Waals surface area contributed by atoms with Crippen LogP contribution in [0.3, 0.4) is 0 Å². The molecule has 0 radical (unpaired) electrons. The minimum absolute atomic E-state index is 0.0404. The molecule has 1 amide bonds. The number of thiophene rings is 1. The van der Waals surface area contributed by atoms with Crippen LogP contribution in [0.15, 0.2) is 17.5 Å². The monoisotopic (exact) mass is 329 g/mol. The van der Waals surface area contributed by atoms with Gasteiger partial charge in [0, 0.05) is 18.0 Å². The standard InChI is InChI=1S/C15H23NO3S2/c1-4-15(5-2)11-16(8-10-21(15,18)19)14(17)12(3)13-7-6-9-20-13/h6-7,9,12H,4-5,8,10-11H2,1-3H3/t12-/m1/s1. The lowest BCUT2D eigenvalue weighted by Gasteiger charge is -2.42. The van der Waals surface area contributed by atoms with Crippen molar-refractivity contribution < 1.29 is 13.2 Å². The van der Waals surface area contributed by atoms with Gasteiger partial charge >= 0.3 is 0 Å². The van der Waals surface area contributed by atoms with E-state index in [9.17, 15) is 13.2 Å². The number of amides is 1. The average Bonchev–Trinajstić information content (AvgIpc) is 3.00. The van der Waals surface area contributed by atoms with Gasteiger partial charge in [-0.05, 0) is 31.2 Å². The van der Waals surface area contributed by atoms with Crippen LogP contribution in [0.2, 0.25) is 0 Å². The van der Waals surface area contributed by atoms with Crippen molar-refractivity contribution in [2.24, 2.45) is 0 Å². The maximum absolute atomic E-state index is 12.7. The summed E-state index contributed by atoms with van der Waals surface area (Å²) in [5, 5.41) is 1.96. The van der Waals surface area contributed by atoms with E-state index in [1.54, 1.807) is 16.2 Å². The summed E-state index contributed by atoms with van der Waals surface area (Å²) in [7, 11) is -3.12. The molecule has 0 aromatic carbocycles. The molecule has 1 aromatic rings. The quantitative estimate of drug-likeness (QED) is 0.853. The molecule has 1 atom stereocenters. The fourth-order valence-electron chi connectivity index (χ4n) is 3.01. The van der Waals surface area contributed by atoms with Crippen molar-refractivity contribution in [3.05, 3.63) is 22.4 Å². The van der Waals surface area contributed by atoms with Gasteiger partial charge in [-0.2, -0.15) is 0 Å².